The highest BCUT2D eigenvalue weighted by Gasteiger charge is 2.37. The van der Waals surface area contributed by atoms with Crippen molar-refractivity contribution in [1.29, 1.82) is 5.26 Å². The van der Waals surface area contributed by atoms with Crippen LogP contribution in [0.3, 0.4) is 0 Å². The Bertz CT molecular complexity index is 1720. The van der Waals surface area contributed by atoms with Gasteiger partial charge in [0.15, 0.2) is 5.69 Å². The zero-order chi connectivity index (χ0) is 30.4. The van der Waals surface area contributed by atoms with E-state index in [2.05, 4.69) is 15.0 Å². The lowest BCUT2D eigenvalue weighted by molar-refractivity contribution is -0.142. The zero-order valence-corrected chi connectivity index (χ0v) is 22.7. The van der Waals surface area contributed by atoms with Crippen molar-refractivity contribution >= 4 is 17.5 Å². The number of hydrogen-bond donors (Lipinski definition) is 1. The summed E-state index contributed by atoms with van der Waals surface area (Å²) in [6.07, 6.45) is -3.25. The van der Waals surface area contributed by atoms with Gasteiger partial charge in [0.1, 0.15) is 12.4 Å². The number of ether oxygens (including phenoxy) is 2. The highest BCUT2D eigenvalue weighted by atomic mass is 35.5. The molecule has 1 amide bonds. The molecule has 0 saturated carbocycles. The molecule has 0 aliphatic rings. The Balaban J connectivity index is 1.66. The monoisotopic (exact) mass is 598 g/mol. The third kappa shape index (κ3) is 7.21. The summed E-state index contributed by atoms with van der Waals surface area (Å²) in [5.41, 5.74) is 4.10. The molecule has 10 nitrogen and oxygen atoms in total. The van der Waals surface area contributed by atoms with Crippen LogP contribution in [-0.2, 0) is 32.2 Å². The van der Waals surface area contributed by atoms with Crippen LogP contribution in [0.15, 0.2) is 59.8 Å². The minimum Gasteiger partial charge on any atom is -0.497 e. The van der Waals surface area contributed by atoms with Gasteiger partial charge in [0, 0.05) is 16.8 Å². The Morgan fingerprint density at radius 2 is 1.86 bits per heavy atom. The first kappa shape index (κ1) is 30.0. The number of benzene rings is 2. The van der Waals surface area contributed by atoms with E-state index in [-0.39, 0.29) is 53.8 Å². The fourth-order valence-corrected chi connectivity index (χ4v) is 4.30. The van der Waals surface area contributed by atoms with Gasteiger partial charge >= 0.3 is 6.18 Å². The van der Waals surface area contributed by atoms with Crippen molar-refractivity contribution in [3.8, 4) is 17.7 Å². The fraction of sp³-hybridized carbons (Fsp3) is 0.214. The van der Waals surface area contributed by atoms with Crippen molar-refractivity contribution in [3.05, 3.63) is 110 Å². The van der Waals surface area contributed by atoms with Crippen molar-refractivity contribution in [2.24, 2.45) is 5.73 Å². The van der Waals surface area contributed by atoms with Gasteiger partial charge in [-0.05, 0) is 54.3 Å². The number of alkyl halides is 3. The van der Waals surface area contributed by atoms with Gasteiger partial charge in [-0.1, -0.05) is 23.7 Å². The molecule has 0 aliphatic carbocycles. The molecule has 2 aromatic carbocycles. The van der Waals surface area contributed by atoms with E-state index in [1.54, 1.807) is 24.3 Å². The maximum absolute atomic E-state index is 13.8. The summed E-state index contributed by atoms with van der Waals surface area (Å²) in [6, 6.07) is 13.3. The van der Waals surface area contributed by atoms with Gasteiger partial charge in [-0.25, -0.2) is 9.97 Å². The van der Waals surface area contributed by atoms with E-state index in [0.29, 0.717) is 11.3 Å². The van der Waals surface area contributed by atoms with Crippen LogP contribution in [0.25, 0.3) is 0 Å². The Morgan fingerprint density at radius 1 is 1.12 bits per heavy atom. The fourth-order valence-electron chi connectivity index (χ4n) is 4.04. The van der Waals surface area contributed by atoms with Crippen LogP contribution in [0, 0.1) is 11.3 Å². The quantitative estimate of drug-likeness (QED) is 0.287. The van der Waals surface area contributed by atoms with E-state index in [0.717, 1.165) is 16.5 Å². The number of halogens is 4. The number of nitrogens with two attached hydrogens (primary N) is 1. The molecule has 2 N–H and O–H groups in total. The number of methoxy groups -OCH3 is 1. The molecule has 14 heteroatoms. The number of aromatic nitrogens is 4. The van der Waals surface area contributed by atoms with E-state index >= 15 is 0 Å². The molecular formula is C28H22ClF3N6O4. The molecule has 0 fully saturated rings. The second-order valence-electron chi connectivity index (χ2n) is 8.99. The predicted molar refractivity (Wildman–Crippen MR) is 144 cm³/mol. The molecule has 216 valence electrons. The summed E-state index contributed by atoms with van der Waals surface area (Å²) in [4.78, 5) is 36.5. The molecule has 0 atom stereocenters. The Kier molecular flexibility index (Phi) is 9.07. The minimum atomic E-state index is -4.89. The lowest BCUT2D eigenvalue weighted by Gasteiger charge is -2.16. The van der Waals surface area contributed by atoms with Crippen LogP contribution >= 0.6 is 11.6 Å². The average molecular weight is 599 g/mol. The molecule has 4 aromatic rings. The number of nitrogens with zero attached hydrogens (tertiary/aromatic N) is 5. The number of hydrogen-bond acceptors (Lipinski definition) is 8. The topological polar surface area (TPSA) is 146 Å². The maximum atomic E-state index is 13.8. The van der Waals surface area contributed by atoms with Crippen LogP contribution < -0.4 is 20.8 Å². The van der Waals surface area contributed by atoms with Crippen LogP contribution in [0.5, 0.6) is 11.6 Å². The first-order chi connectivity index (χ1) is 20.0. The standard InChI is InChI=1S/C28H22ClF3N6O4/c1-41-21-5-2-16(3-6-21)14-42-26-19(12-35-25(37-26)24(34)39)13-38-15-36-23(28(30,31)32)22(27(38)40)7-4-17-8-18(11-33)10-20(29)9-17/h2-3,5-6,8-10,12,15H,4,7,13-14H2,1H3,(H2,34,39). The van der Waals surface area contributed by atoms with Crippen LogP contribution in [0.2, 0.25) is 5.02 Å². The largest absolute Gasteiger partial charge is 0.497 e. The molecule has 0 unspecified atom stereocenters. The first-order valence-electron chi connectivity index (χ1n) is 12.2. The summed E-state index contributed by atoms with van der Waals surface area (Å²) >= 11 is 6.02. The molecular weight excluding hydrogens is 577 g/mol. The zero-order valence-electron chi connectivity index (χ0n) is 22.0. The Labute approximate surface area is 242 Å². The van der Waals surface area contributed by atoms with E-state index in [1.807, 2.05) is 6.07 Å². The van der Waals surface area contributed by atoms with Gasteiger partial charge in [0.25, 0.3) is 11.5 Å². The van der Waals surface area contributed by atoms with E-state index in [1.165, 1.54) is 31.5 Å². The molecule has 2 heterocycles. The first-order valence-corrected chi connectivity index (χ1v) is 12.6. The summed E-state index contributed by atoms with van der Waals surface area (Å²) in [6.45, 7) is -0.314. The van der Waals surface area contributed by atoms with Crippen molar-refractivity contribution < 1.29 is 27.4 Å². The summed E-state index contributed by atoms with van der Waals surface area (Å²) in [7, 11) is 1.52. The van der Waals surface area contributed by atoms with E-state index < -0.39 is 28.9 Å². The summed E-state index contributed by atoms with van der Waals surface area (Å²) in [5.74, 6) is -0.735. The lowest BCUT2D eigenvalue weighted by atomic mass is 10.0. The maximum Gasteiger partial charge on any atom is 0.433 e. The number of carbonyl (C=O) groups is 1. The van der Waals surface area contributed by atoms with Gasteiger partial charge in [-0.2, -0.15) is 23.4 Å². The van der Waals surface area contributed by atoms with Gasteiger partial charge in [-0.15, -0.1) is 0 Å². The van der Waals surface area contributed by atoms with Crippen molar-refractivity contribution in [2.45, 2.75) is 32.2 Å². The minimum absolute atomic E-state index is 0.00193. The summed E-state index contributed by atoms with van der Waals surface area (Å²) < 4.78 is 53.4. The van der Waals surface area contributed by atoms with Crippen LogP contribution in [0.1, 0.15) is 44.1 Å². The molecule has 0 spiro atoms. The van der Waals surface area contributed by atoms with E-state index in [4.69, 9.17) is 32.1 Å². The van der Waals surface area contributed by atoms with E-state index in [9.17, 15) is 22.8 Å². The highest BCUT2D eigenvalue weighted by molar-refractivity contribution is 6.30. The van der Waals surface area contributed by atoms with Crippen molar-refractivity contribution in [2.75, 3.05) is 7.11 Å². The summed E-state index contributed by atoms with van der Waals surface area (Å²) in [5, 5.41) is 9.41. The second-order valence-corrected chi connectivity index (χ2v) is 9.42. The van der Waals surface area contributed by atoms with Crippen molar-refractivity contribution in [3.63, 3.8) is 0 Å². The number of rotatable bonds is 10. The molecule has 0 radical (unpaired) electrons. The second kappa shape index (κ2) is 12.7. The van der Waals surface area contributed by atoms with Crippen LogP contribution in [0.4, 0.5) is 13.2 Å². The Morgan fingerprint density at radius 3 is 2.50 bits per heavy atom. The number of aryl methyl sites for hydroxylation is 1. The molecule has 2 aromatic heterocycles. The lowest BCUT2D eigenvalue weighted by Crippen LogP contribution is -2.30. The number of primary amides is 1. The van der Waals surface area contributed by atoms with Gasteiger partial charge < -0.3 is 15.2 Å². The normalized spacial score (nSPS) is 11.1. The Hall–Kier alpha value is -4.96. The SMILES string of the molecule is COc1ccc(COc2nc(C(N)=O)ncc2Cn2cnc(C(F)(F)F)c(CCc3cc(Cl)cc(C#N)c3)c2=O)cc1. The van der Waals surface area contributed by atoms with Crippen LogP contribution in [-0.4, -0.2) is 32.5 Å². The number of nitriles is 1. The molecule has 0 saturated heterocycles. The molecule has 4 rings (SSSR count). The number of carbonyl (C=O) groups excluding carboxylic acids is 1. The number of amides is 1. The average Bonchev–Trinajstić information content (AvgIpc) is 2.96. The van der Waals surface area contributed by atoms with Gasteiger partial charge in [0.2, 0.25) is 11.7 Å². The van der Waals surface area contributed by atoms with Crippen molar-refractivity contribution in [1.82, 2.24) is 19.5 Å². The molecule has 0 aliphatic heterocycles. The highest BCUT2D eigenvalue weighted by Crippen LogP contribution is 2.30. The third-order valence-electron chi connectivity index (χ3n) is 6.07. The predicted octanol–water partition coefficient (Wildman–Crippen LogP) is 4.10. The van der Waals surface area contributed by atoms with Gasteiger partial charge in [-0.3, -0.25) is 14.2 Å². The third-order valence-corrected chi connectivity index (χ3v) is 6.29. The molecule has 42 heavy (non-hydrogen) atoms. The molecule has 0 bridgehead atoms. The van der Waals surface area contributed by atoms with Gasteiger partial charge in [0.05, 0.1) is 37.2 Å². The smallest absolute Gasteiger partial charge is 0.433 e.